The SMILES string of the molecule is COc1ccc(-c2cc(C)nc(C)c2[N+](=O)[O-])cc1. The molecule has 0 N–H and O–H groups in total. The second-order valence-electron chi connectivity index (χ2n) is 4.23. The average Bonchev–Trinajstić information content (AvgIpc) is 2.37. The fourth-order valence-electron chi connectivity index (χ4n) is 2.04. The Hall–Kier alpha value is -2.43. The second-order valence-corrected chi connectivity index (χ2v) is 4.23. The smallest absolute Gasteiger partial charge is 0.298 e. The lowest BCUT2D eigenvalue weighted by Gasteiger charge is -2.07. The zero-order valence-electron chi connectivity index (χ0n) is 11.0. The number of ether oxygens (including phenoxy) is 1. The van der Waals surface area contributed by atoms with Gasteiger partial charge < -0.3 is 4.74 Å². The number of nitrogens with zero attached hydrogens (tertiary/aromatic N) is 2. The van der Waals surface area contributed by atoms with E-state index in [2.05, 4.69) is 4.98 Å². The normalized spacial score (nSPS) is 10.3. The highest BCUT2D eigenvalue weighted by molar-refractivity contribution is 5.75. The van der Waals surface area contributed by atoms with Crippen molar-refractivity contribution in [1.29, 1.82) is 0 Å². The Kier molecular flexibility index (Phi) is 3.46. The van der Waals surface area contributed by atoms with Crippen molar-refractivity contribution < 1.29 is 9.66 Å². The minimum absolute atomic E-state index is 0.0516. The van der Waals surface area contributed by atoms with Gasteiger partial charge in [0.25, 0.3) is 5.69 Å². The first-order chi connectivity index (χ1) is 9.02. The molecule has 0 saturated carbocycles. The number of benzene rings is 1. The Bertz CT molecular complexity index is 621. The van der Waals surface area contributed by atoms with Crippen LogP contribution >= 0.6 is 0 Å². The van der Waals surface area contributed by atoms with Gasteiger partial charge in [-0.15, -0.1) is 0 Å². The largest absolute Gasteiger partial charge is 0.497 e. The molecule has 0 fully saturated rings. The second kappa shape index (κ2) is 5.06. The lowest BCUT2D eigenvalue weighted by atomic mass is 10.0. The third-order valence-electron chi connectivity index (χ3n) is 2.88. The summed E-state index contributed by atoms with van der Waals surface area (Å²) < 4.78 is 5.08. The topological polar surface area (TPSA) is 65.3 Å². The molecule has 0 amide bonds. The number of rotatable bonds is 3. The van der Waals surface area contributed by atoms with Crippen LogP contribution in [0.3, 0.4) is 0 Å². The molecule has 1 heterocycles. The van der Waals surface area contributed by atoms with E-state index >= 15 is 0 Å². The third kappa shape index (κ3) is 2.54. The van der Waals surface area contributed by atoms with Crippen LogP contribution < -0.4 is 4.74 Å². The summed E-state index contributed by atoms with van der Waals surface area (Å²) in [4.78, 5) is 15.0. The van der Waals surface area contributed by atoms with Gasteiger partial charge in [0.15, 0.2) is 0 Å². The van der Waals surface area contributed by atoms with Gasteiger partial charge in [-0.3, -0.25) is 15.1 Å². The lowest BCUT2D eigenvalue weighted by Crippen LogP contribution is -1.99. The van der Waals surface area contributed by atoms with Gasteiger partial charge in [-0.05, 0) is 37.6 Å². The highest BCUT2D eigenvalue weighted by atomic mass is 16.6. The van der Waals surface area contributed by atoms with Crippen molar-refractivity contribution in [2.75, 3.05) is 7.11 Å². The quantitative estimate of drug-likeness (QED) is 0.626. The number of aromatic nitrogens is 1. The summed E-state index contributed by atoms with van der Waals surface area (Å²) in [5.74, 6) is 0.717. The number of pyridine rings is 1. The lowest BCUT2D eigenvalue weighted by molar-refractivity contribution is -0.385. The van der Waals surface area contributed by atoms with Gasteiger partial charge in [0, 0.05) is 5.69 Å². The standard InChI is InChI=1S/C14H14N2O3/c1-9-8-13(14(16(17)18)10(2)15-9)11-4-6-12(19-3)7-5-11/h4-8H,1-3H3. The first-order valence-corrected chi connectivity index (χ1v) is 5.80. The van der Waals surface area contributed by atoms with Crippen LogP contribution in [0.2, 0.25) is 0 Å². The van der Waals surface area contributed by atoms with Crippen LogP contribution in [-0.2, 0) is 0 Å². The molecule has 2 rings (SSSR count). The molecule has 0 spiro atoms. The van der Waals surface area contributed by atoms with Crippen LogP contribution in [0.25, 0.3) is 11.1 Å². The molecule has 5 nitrogen and oxygen atoms in total. The molecule has 0 radical (unpaired) electrons. The predicted octanol–water partition coefficient (Wildman–Crippen LogP) is 3.28. The van der Waals surface area contributed by atoms with Crippen LogP contribution in [-0.4, -0.2) is 17.0 Å². The van der Waals surface area contributed by atoms with E-state index in [1.165, 1.54) is 0 Å². The van der Waals surface area contributed by atoms with Crippen LogP contribution in [0, 0.1) is 24.0 Å². The molecule has 1 aromatic carbocycles. The zero-order valence-corrected chi connectivity index (χ0v) is 11.0. The Labute approximate surface area is 111 Å². The van der Waals surface area contributed by atoms with Crippen LogP contribution in [0.1, 0.15) is 11.4 Å². The molecule has 19 heavy (non-hydrogen) atoms. The molecule has 0 saturated heterocycles. The van der Waals surface area contributed by atoms with Crippen molar-refractivity contribution in [1.82, 2.24) is 4.98 Å². The van der Waals surface area contributed by atoms with E-state index < -0.39 is 0 Å². The van der Waals surface area contributed by atoms with Crippen molar-refractivity contribution in [3.63, 3.8) is 0 Å². The van der Waals surface area contributed by atoms with Crippen molar-refractivity contribution in [3.05, 3.63) is 51.8 Å². The number of hydrogen-bond acceptors (Lipinski definition) is 4. The van der Waals surface area contributed by atoms with E-state index in [1.54, 1.807) is 44.4 Å². The monoisotopic (exact) mass is 258 g/mol. The molecule has 0 aliphatic rings. The van der Waals surface area contributed by atoms with Gasteiger partial charge in [-0.1, -0.05) is 12.1 Å². The number of nitro groups is 1. The van der Waals surface area contributed by atoms with Gasteiger partial charge in [0.2, 0.25) is 0 Å². The fraction of sp³-hybridized carbons (Fsp3) is 0.214. The van der Waals surface area contributed by atoms with Crippen molar-refractivity contribution in [2.24, 2.45) is 0 Å². The highest BCUT2D eigenvalue weighted by Crippen LogP contribution is 2.33. The Balaban J connectivity index is 2.62. The van der Waals surface area contributed by atoms with Crippen LogP contribution in [0.5, 0.6) is 5.75 Å². The summed E-state index contributed by atoms with van der Waals surface area (Å²) in [6, 6.07) is 8.90. The minimum atomic E-state index is -0.388. The average molecular weight is 258 g/mol. The molecule has 0 bridgehead atoms. The van der Waals surface area contributed by atoms with Gasteiger partial charge >= 0.3 is 0 Å². The number of hydrogen-bond donors (Lipinski definition) is 0. The highest BCUT2D eigenvalue weighted by Gasteiger charge is 2.20. The Morgan fingerprint density at radius 1 is 1.21 bits per heavy atom. The van der Waals surface area contributed by atoms with Crippen molar-refractivity contribution >= 4 is 5.69 Å². The maximum Gasteiger partial charge on any atom is 0.298 e. The van der Waals surface area contributed by atoms with Gasteiger partial charge in [0.1, 0.15) is 11.4 Å². The number of methoxy groups -OCH3 is 1. The molecule has 2 aromatic rings. The molecule has 0 atom stereocenters. The van der Waals surface area contributed by atoms with E-state index in [9.17, 15) is 10.1 Å². The van der Waals surface area contributed by atoms with E-state index in [-0.39, 0.29) is 10.6 Å². The fourth-order valence-corrected chi connectivity index (χ4v) is 2.04. The minimum Gasteiger partial charge on any atom is -0.497 e. The van der Waals surface area contributed by atoms with E-state index in [4.69, 9.17) is 4.74 Å². The maximum atomic E-state index is 11.2. The molecule has 98 valence electrons. The first kappa shape index (κ1) is 13.0. The molecule has 0 aliphatic heterocycles. The molecular formula is C14H14N2O3. The number of aryl methyl sites for hydroxylation is 2. The van der Waals surface area contributed by atoms with E-state index in [1.807, 2.05) is 6.92 Å². The van der Waals surface area contributed by atoms with Crippen LogP contribution in [0.15, 0.2) is 30.3 Å². The predicted molar refractivity (Wildman–Crippen MR) is 72.4 cm³/mol. The van der Waals surface area contributed by atoms with Crippen molar-refractivity contribution in [3.8, 4) is 16.9 Å². The van der Waals surface area contributed by atoms with Gasteiger partial charge in [-0.2, -0.15) is 0 Å². The van der Waals surface area contributed by atoms with Gasteiger partial charge in [-0.25, -0.2) is 0 Å². The Morgan fingerprint density at radius 3 is 2.37 bits per heavy atom. The van der Waals surface area contributed by atoms with Gasteiger partial charge in [0.05, 0.1) is 17.6 Å². The summed E-state index contributed by atoms with van der Waals surface area (Å²) in [5.41, 5.74) is 2.60. The van der Waals surface area contributed by atoms with Crippen LogP contribution in [0.4, 0.5) is 5.69 Å². The molecule has 0 aliphatic carbocycles. The molecule has 1 aromatic heterocycles. The van der Waals surface area contributed by atoms with Crippen molar-refractivity contribution in [2.45, 2.75) is 13.8 Å². The summed E-state index contributed by atoms with van der Waals surface area (Å²) >= 11 is 0. The van der Waals surface area contributed by atoms with E-state index in [0.29, 0.717) is 17.0 Å². The summed E-state index contributed by atoms with van der Waals surface area (Å²) in [5, 5.41) is 11.2. The van der Waals surface area contributed by atoms with E-state index in [0.717, 1.165) is 11.3 Å². The summed E-state index contributed by atoms with van der Waals surface area (Å²) in [7, 11) is 1.58. The first-order valence-electron chi connectivity index (χ1n) is 5.80. The summed E-state index contributed by atoms with van der Waals surface area (Å²) in [6.07, 6.45) is 0. The molecule has 0 unspecified atom stereocenters. The molecular weight excluding hydrogens is 244 g/mol. The Morgan fingerprint density at radius 2 is 1.84 bits per heavy atom. The summed E-state index contributed by atoms with van der Waals surface area (Å²) in [6.45, 7) is 3.47. The maximum absolute atomic E-state index is 11.2. The third-order valence-corrected chi connectivity index (χ3v) is 2.88. The zero-order chi connectivity index (χ0) is 14.0. The molecule has 5 heteroatoms.